The van der Waals surface area contributed by atoms with E-state index in [1.54, 1.807) is 0 Å². The van der Waals surface area contributed by atoms with E-state index in [0.717, 1.165) is 19.3 Å². The minimum atomic E-state index is -1.76. The number of hydrogen-bond donors (Lipinski definition) is 0. The zero-order valence-electron chi connectivity index (χ0n) is 12.5. The molecule has 100 valence electrons. The predicted octanol–water partition coefficient (Wildman–Crippen LogP) is 4.16. The van der Waals surface area contributed by atoms with E-state index in [1.807, 2.05) is 13.8 Å². The molecule has 0 bridgehead atoms. The zero-order chi connectivity index (χ0) is 13.5. The normalized spacial score (nSPS) is 26.1. The van der Waals surface area contributed by atoms with Crippen LogP contribution in [0.25, 0.3) is 0 Å². The van der Waals surface area contributed by atoms with Crippen LogP contribution in [0.15, 0.2) is 0 Å². The molecular weight excluding hydrogens is 228 g/mol. The third-order valence-corrected chi connectivity index (χ3v) is 9.12. The Labute approximate surface area is 107 Å². The average molecular weight is 256 g/mol. The van der Waals surface area contributed by atoms with Crippen LogP contribution >= 0.6 is 0 Å². The Kier molecular flexibility index (Phi) is 3.95. The van der Waals surface area contributed by atoms with E-state index in [9.17, 15) is 4.79 Å². The van der Waals surface area contributed by atoms with Gasteiger partial charge >= 0.3 is 0 Å². The van der Waals surface area contributed by atoms with Crippen molar-refractivity contribution in [3.63, 3.8) is 0 Å². The van der Waals surface area contributed by atoms with Gasteiger partial charge in [-0.05, 0) is 31.0 Å². The quantitative estimate of drug-likeness (QED) is 0.694. The number of hydrogen-bond acceptors (Lipinski definition) is 2. The zero-order valence-corrected chi connectivity index (χ0v) is 13.5. The molecular formula is C14H28O2Si. The summed E-state index contributed by atoms with van der Waals surface area (Å²) in [5.74, 6) is 0.368. The maximum atomic E-state index is 12.0. The lowest BCUT2D eigenvalue weighted by Crippen LogP contribution is -2.51. The van der Waals surface area contributed by atoms with Crippen LogP contribution < -0.4 is 0 Å². The second kappa shape index (κ2) is 4.50. The molecule has 0 aromatic carbocycles. The Balaban J connectivity index is 2.84. The topological polar surface area (TPSA) is 26.3 Å². The fourth-order valence-electron chi connectivity index (χ4n) is 2.05. The molecule has 0 heterocycles. The first-order valence-corrected chi connectivity index (χ1v) is 9.60. The number of Topliss-reactive ketones (excluding diaryl/α,β-unsaturated/α-hetero) is 1. The molecule has 0 radical (unpaired) electrons. The first kappa shape index (κ1) is 14.9. The summed E-state index contributed by atoms with van der Waals surface area (Å²) in [4.78, 5) is 12.0. The highest BCUT2D eigenvalue weighted by Gasteiger charge is 2.46. The Morgan fingerprint density at radius 2 is 1.82 bits per heavy atom. The maximum absolute atomic E-state index is 12.0. The van der Waals surface area contributed by atoms with Crippen LogP contribution in [-0.2, 0) is 9.22 Å². The summed E-state index contributed by atoms with van der Waals surface area (Å²) in [5, 5.41) is 0.212. The van der Waals surface area contributed by atoms with Crippen molar-refractivity contribution in [2.45, 2.75) is 78.1 Å². The van der Waals surface area contributed by atoms with Crippen LogP contribution in [0.5, 0.6) is 0 Å². The van der Waals surface area contributed by atoms with Crippen molar-refractivity contribution in [1.82, 2.24) is 0 Å². The van der Waals surface area contributed by atoms with Gasteiger partial charge in [-0.15, -0.1) is 0 Å². The summed E-state index contributed by atoms with van der Waals surface area (Å²) in [6, 6.07) is 0. The minimum absolute atomic E-state index is 0.115. The van der Waals surface area contributed by atoms with Gasteiger partial charge in [0.25, 0.3) is 0 Å². The Hall–Kier alpha value is -0.153. The molecule has 0 unspecified atom stereocenters. The largest absolute Gasteiger partial charge is 0.413 e. The third kappa shape index (κ3) is 3.00. The Morgan fingerprint density at radius 1 is 1.29 bits per heavy atom. The van der Waals surface area contributed by atoms with E-state index in [2.05, 4.69) is 33.9 Å². The van der Waals surface area contributed by atoms with Crippen LogP contribution in [0.1, 0.15) is 53.9 Å². The first-order chi connectivity index (χ1) is 7.48. The second-order valence-corrected chi connectivity index (χ2v) is 12.2. The highest BCUT2D eigenvalue weighted by atomic mass is 28.4. The second-order valence-electron chi connectivity index (χ2n) is 7.40. The molecule has 0 saturated heterocycles. The maximum Gasteiger partial charge on any atom is 0.192 e. The van der Waals surface area contributed by atoms with Gasteiger partial charge < -0.3 is 4.43 Å². The molecule has 0 spiro atoms. The minimum Gasteiger partial charge on any atom is -0.413 e. The Morgan fingerprint density at radius 3 is 2.29 bits per heavy atom. The van der Waals surface area contributed by atoms with Crippen LogP contribution in [0, 0.1) is 5.41 Å². The highest BCUT2D eigenvalue weighted by Crippen LogP contribution is 2.42. The lowest BCUT2D eigenvalue weighted by molar-refractivity contribution is -0.136. The summed E-state index contributed by atoms with van der Waals surface area (Å²) in [6.45, 7) is 15.4. The molecule has 0 aliphatic heterocycles. The fourth-order valence-corrected chi connectivity index (χ4v) is 3.53. The van der Waals surface area contributed by atoms with Crippen LogP contribution in [0.2, 0.25) is 18.1 Å². The first-order valence-electron chi connectivity index (χ1n) is 6.69. The van der Waals surface area contributed by atoms with Crippen molar-refractivity contribution in [3.05, 3.63) is 0 Å². The Bertz CT molecular complexity index is 300. The molecule has 0 amide bonds. The van der Waals surface area contributed by atoms with Gasteiger partial charge in [-0.2, -0.15) is 0 Å². The van der Waals surface area contributed by atoms with Crippen molar-refractivity contribution in [2.75, 3.05) is 0 Å². The molecule has 1 aliphatic rings. The molecule has 1 atom stereocenters. The van der Waals surface area contributed by atoms with Crippen molar-refractivity contribution < 1.29 is 9.22 Å². The van der Waals surface area contributed by atoms with Gasteiger partial charge in [0.15, 0.2) is 8.32 Å². The summed E-state index contributed by atoms with van der Waals surface area (Å²) >= 11 is 0. The van der Waals surface area contributed by atoms with Crippen LogP contribution in [-0.4, -0.2) is 20.2 Å². The monoisotopic (exact) mass is 256 g/mol. The third-order valence-electron chi connectivity index (χ3n) is 4.64. The van der Waals surface area contributed by atoms with E-state index in [4.69, 9.17) is 4.43 Å². The molecule has 1 aliphatic carbocycles. The van der Waals surface area contributed by atoms with Crippen molar-refractivity contribution >= 4 is 14.1 Å². The number of rotatable bonds is 2. The van der Waals surface area contributed by atoms with E-state index in [0.29, 0.717) is 5.78 Å². The van der Waals surface area contributed by atoms with Gasteiger partial charge in [-0.25, -0.2) is 0 Å². The molecule has 17 heavy (non-hydrogen) atoms. The fraction of sp³-hybridized carbons (Fsp3) is 0.929. The van der Waals surface area contributed by atoms with E-state index in [-0.39, 0.29) is 16.6 Å². The van der Waals surface area contributed by atoms with Gasteiger partial charge in [-0.1, -0.05) is 34.6 Å². The van der Waals surface area contributed by atoms with E-state index < -0.39 is 8.32 Å². The van der Waals surface area contributed by atoms with Gasteiger partial charge in [0.2, 0.25) is 0 Å². The molecule has 0 N–H and O–H groups in total. The van der Waals surface area contributed by atoms with Crippen molar-refractivity contribution in [1.29, 1.82) is 0 Å². The summed E-state index contributed by atoms with van der Waals surface area (Å²) in [5.41, 5.74) is -0.298. The van der Waals surface area contributed by atoms with Gasteiger partial charge in [0.05, 0.1) is 6.10 Å². The number of ketones is 1. The summed E-state index contributed by atoms with van der Waals surface area (Å²) < 4.78 is 6.45. The molecule has 3 heteroatoms. The summed E-state index contributed by atoms with van der Waals surface area (Å²) in [6.07, 6.45) is 2.86. The molecule has 2 nitrogen and oxygen atoms in total. The van der Waals surface area contributed by atoms with E-state index in [1.165, 1.54) is 0 Å². The van der Waals surface area contributed by atoms with Gasteiger partial charge in [0, 0.05) is 11.8 Å². The smallest absolute Gasteiger partial charge is 0.192 e. The van der Waals surface area contributed by atoms with Crippen molar-refractivity contribution in [3.8, 4) is 0 Å². The molecule has 1 fully saturated rings. The number of carbonyl (C=O) groups excluding carboxylic acids is 1. The molecule has 0 aromatic heterocycles. The summed E-state index contributed by atoms with van der Waals surface area (Å²) in [7, 11) is -1.76. The van der Waals surface area contributed by atoms with Gasteiger partial charge in [0.1, 0.15) is 5.78 Å². The van der Waals surface area contributed by atoms with Crippen molar-refractivity contribution in [2.24, 2.45) is 5.41 Å². The van der Waals surface area contributed by atoms with Gasteiger partial charge in [-0.3, -0.25) is 4.79 Å². The standard InChI is InChI=1S/C14H28O2Si/c1-13(2,3)17(6,7)16-12-10-8-9-11(15)14(12,4)5/h12H,8-10H2,1-7H3/t12-/m0/s1. The van der Waals surface area contributed by atoms with Crippen LogP contribution in [0.3, 0.4) is 0 Å². The lowest BCUT2D eigenvalue weighted by atomic mass is 9.74. The molecule has 0 aromatic rings. The highest BCUT2D eigenvalue weighted by molar-refractivity contribution is 6.74. The van der Waals surface area contributed by atoms with Crippen LogP contribution in [0.4, 0.5) is 0 Å². The lowest BCUT2D eigenvalue weighted by Gasteiger charge is -2.45. The predicted molar refractivity (Wildman–Crippen MR) is 74.7 cm³/mol. The van der Waals surface area contributed by atoms with E-state index >= 15 is 0 Å². The average Bonchev–Trinajstić information content (AvgIpc) is 2.11. The number of carbonyl (C=O) groups is 1. The molecule has 1 saturated carbocycles. The molecule has 1 rings (SSSR count). The SMILES string of the molecule is CC1(C)C(=O)CCC[C@@H]1O[Si](C)(C)C(C)(C)C.